The van der Waals surface area contributed by atoms with E-state index >= 15 is 0 Å². The van der Waals surface area contributed by atoms with Gasteiger partial charge in [-0.1, -0.05) is 24.6 Å². The van der Waals surface area contributed by atoms with Gasteiger partial charge in [0, 0.05) is 59.8 Å². The van der Waals surface area contributed by atoms with E-state index in [1.807, 2.05) is 12.3 Å². The summed E-state index contributed by atoms with van der Waals surface area (Å²) in [5.74, 6) is 2.44. The zero-order valence-corrected chi connectivity index (χ0v) is 15.9. The molecule has 2 atom stereocenters. The highest BCUT2D eigenvalue weighted by Crippen LogP contribution is 2.49. The Morgan fingerprint density at radius 2 is 2.14 bits per heavy atom. The van der Waals surface area contributed by atoms with E-state index in [-0.39, 0.29) is 12.0 Å². The first-order valence-electron chi connectivity index (χ1n) is 10.3. The van der Waals surface area contributed by atoms with Crippen molar-refractivity contribution in [2.75, 3.05) is 24.6 Å². The average molecular weight is 375 g/mol. The molecule has 3 aliphatic rings. The predicted octanol–water partition coefficient (Wildman–Crippen LogP) is 2.83. The minimum absolute atomic E-state index is 0.0603. The van der Waals surface area contributed by atoms with Gasteiger partial charge in [0.2, 0.25) is 0 Å². The number of nitrogens with zero attached hydrogens (tertiary/aromatic N) is 3. The summed E-state index contributed by atoms with van der Waals surface area (Å²) in [6.07, 6.45) is 5.61. The number of fused-ring (bicyclic) bond motifs is 3. The molecular formula is C22H25N5O. The number of aromatic nitrogens is 3. The Morgan fingerprint density at radius 1 is 1.21 bits per heavy atom. The second kappa shape index (κ2) is 6.03. The van der Waals surface area contributed by atoms with Crippen molar-refractivity contribution in [3.63, 3.8) is 0 Å². The second-order valence-electron chi connectivity index (χ2n) is 8.64. The van der Waals surface area contributed by atoms with E-state index in [9.17, 15) is 5.11 Å². The lowest BCUT2D eigenvalue weighted by Gasteiger charge is -2.27. The summed E-state index contributed by atoms with van der Waals surface area (Å²) in [7, 11) is 0. The van der Waals surface area contributed by atoms with Crippen molar-refractivity contribution >= 4 is 16.7 Å². The van der Waals surface area contributed by atoms with Crippen LogP contribution in [0.2, 0.25) is 0 Å². The van der Waals surface area contributed by atoms with E-state index < -0.39 is 0 Å². The second-order valence-corrected chi connectivity index (χ2v) is 8.64. The van der Waals surface area contributed by atoms with E-state index in [0.29, 0.717) is 5.92 Å². The average Bonchev–Trinajstić information content (AvgIpc) is 3.47. The lowest BCUT2D eigenvalue weighted by atomic mass is 9.82. The monoisotopic (exact) mass is 375 g/mol. The Kier molecular flexibility index (Phi) is 3.55. The van der Waals surface area contributed by atoms with Gasteiger partial charge < -0.3 is 20.3 Å². The molecule has 2 aromatic heterocycles. The number of rotatable bonds is 3. The molecule has 1 saturated carbocycles. The molecule has 6 heteroatoms. The van der Waals surface area contributed by atoms with E-state index in [1.54, 1.807) is 0 Å². The molecule has 2 aliphatic heterocycles. The van der Waals surface area contributed by atoms with Crippen LogP contribution in [0.1, 0.15) is 30.5 Å². The molecule has 28 heavy (non-hydrogen) atoms. The maximum Gasteiger partial charge on any atom is 0.163 e. The molecule has 0 amide bonds. The Hall–Kier alpha value is -2.44. The third kappa shape index (κ3) is 2.28. The smallest absolute Gasteiger partial charge is 0.163 e. The Labute approximate surface area is 164 Å². The zero-order chi connectivity index (χ0) is 18.7. The van der Waals surface area contributed by atoms with Crippen LogP contribution in [0.5, 0.6) is 0 Å². The van der Waals surface area contributed by atoms with Gasteiger partial charge in [-0.2, -0.15) is 0 Å². The summed E-state index contributed by atoms with van der Waals surface area (Å²) >= 11 is 0. The summed E-state index contributed by atoms with van der Waals surface area (Å²) in [6.45, 7) is 3.81. The maximum atomic E-state index is 10.1. The summed E-state index contributed by atoms with van der Waals surface area (Å²) in [4.78, 5) is 15.8. The van der Waals surface area contributed by atoms with Gasteiger partial charge in [-0.3, -0.25) is 0 Å². The number of aromatic amines is 1. The Morgan fingerprint density at radius 3 is 3.04 bits per heavy atom. The molecule has 0 spiro atoms. The normalized spacial score (nSPS) is 26.2. The largest absolute Gasteiger partial charge is 0.396 e. The van der Waals surface area contributed by atoms with Crippen LogP contribution in [0.15, 0.2) is 30.5 Å². The molecule has 4 heterocycles. The SMILES string of the molecule is OC[C@@]12CCC[C@@H]1CN(c1nc(-c3c[nH]c4ccccc34)nc3c1CNC3)C2. The van der Waals surface area contributed by atoms with Crippen LogP contribution in [0, 0.1) is 11.3 Å². The number of aliphatic hydroxyl groups is 1. The van der Waals surface area contributed by atoms with Gasteiger partial charge in [0.05, 0.1) is 12.3 Å². The fourth-order valence-electron chi connectivity index (χ4n) is 5.62. The number of nitrogens with one attached hydrogen (secondary N) is 2. The van der Waals surface area contributed by atoms with Crippen LogP contribution in [-0.2, 0) is 13.1 Å². The number of anilines is 1. The highest BCUT2D eigenvalue weighted by atomic mass is 16.3. The molecule has 0 radical (unpaired) electrons. The Balaban J connectivity index is 1.46. The number of para-hydroxylation sites is 1. The predicted molar refractivity (Wildman–Crippen MR) is 109 cm³/mol. The number of H-pyrrole nitrogens is 1. The summed E-state index contributed by atoms with van der Waals surface area (Å²) in [5, 5.41) is 14.7. The van der Waals surface area contributed by atoms with Crippen molar-refractivity contribution in [3.8, 4) is 11.4 Å². The van der Waals surface area contributed by atoms with Crippen LogP contribution in [0.4, 0.5) is 5.82 Å². The summed E-state index contributed by atoms with van der Waals surface area (Å²) < 4.78 is 0. The van der Waals surface area contributed by atoms with Gasteiger partial charge in [-0.15, -0.1) is 0 Å². The number of hydrogen-bond acceptors (Lipinski definition) is 5. The van der Waals surface area contributed by atoms with Crippen molar-refractivity contribution in [1.29, 1.82) is 0 Å². The minimum atomic E-state index is 0.0603. The van der Waals surface area contributed by atoms with E-state index in [4.69, 9.17) is 9.97 Å². The van der Waals surface area contributed by atoms with Crippen LogP contribution >= 0.6 is 0 Å². The molecule has 1 aromatic carbocycles. The fraction of sp³-hybridized carbons (Fsp3) is 0.455. The van der Waals surface area contributed by atoms with Gasteiger partial charge in [0.1, 0.15) is 5.82 Å². The van der Waals surface area contributed by atoms with Gasteiger partial charge in [0.25, 0.3) is 0 Å². The highest BCUT2D eigenvalue weighted by molar-refractivity contribution is 5.93. The van der Waals surface area contributed by atoms with Crippen LogP contribution in [0.3, 0.4) is 0 Å². The van der Waals surface area contributed by atoms with E-state index in [0.717, 1.165) is 66.4 Å². The molecule has 0 bridgehead atoms. The third-order valence-corrected chi connectivity index (χ3v) is 7.15. The molecule has 1 aliphatic carbocycles. The standard InChI is InChI=1S/C22H25N5O/c28-13-22-7-3-4-14(22)11-27(12-22)21-17-8-23-10-19(17)25-20(26-21)16-9-24-18-6-2-1-5-15(16)18/h1-2,5-6,9,14,23-24,28H,3-4,7-8,10-13H2/t14-,22+/m1/s1. The number of hydrogen-bond donors (Lipinski definition) is 3. The molecule has 1 saturated heterocycles. The molecule has 144 valence electrons. The molecule has 2 fully saturated rings. The van der Waals surface area contributed by atoms with Crippen LogP contribution in [-0.4, -0.2) is 39.8 Å². The minimum Gasteiger partial charge on any atom is -0.396 e. The third-order valence-electron chi connectivity index (χ3n) is 7.15. The van der Waals surface area contributed by atoms with Gasteiger partial charge in [-0.25, -0.2) is 9.97 Å². The zero-order valence-electron chi connectivity index (χ0n) is 15.9. The summed E-state index contributed by atoms with van der Waals surface area (Å²) in [5.41, 5.74) is 4.57. The molecule has 3 N–H and O–H groups in total. The van der Waals surface area contributed by atoms with E-state index in [1.165, 1.54) is 18.4 Å². The summed E-state index contributed by atoms with van der Waals surface area (Å²) in [6, 6.07) is 8.30. The number of benzene rings is 1. The van der Waals surface area contributed by atoms with Gasteiger partial charge in [-0.05, 0) is 24.8 Å². The van der Waals surface area contributed by atoms with Gasteiger partial charge in [0.15, 0.2) is 5.82 Å². The molecule has 6 rings (SSSR count). The molecule has 6 nitrogen and oxygen atoms in total. The molecule has 3 aromatic rings. The van der Waals surface area contributed by atoms with E-state index in [2.05, 4.69) is 33.4 Å². The van der Waals surface area contributed by atoms with Crippen LogP contribution < -0.4 is 10.2 Å². The topological polar surface area (TPSA) is 77.1 Å². The van der Waals surface area contributed by atoms with Gasteiger partial charge >= 0.3 is 0 Å². The number of aliphatic hydroxyl groups excluding tert-OH is 1. The molecule has 0 unspecified atom stereocenters. The fourth-order valence-corrected chi connectivity index (χ4v) is 5.62. The lowest BCUT2D eigenvalue weighted by Crippen LogP contribution is -2.31. The highest BCUT2D eigenvalue weighted by Gasteiger charge is 2.49. The van der Waals surface area contributed by atoms with Crippen molar-refractivity contribution in [1.82, 2.24) is 20.3 Å². The first-order valence-corrected chi connectivity index (χ1v) is 10.3. The van der Waals surface area contributed by atoms with Crippen molar-refractivity contribution in [3.05, 3.63) is 41.7 Å². The first kappa shape index (κ1) is 16.5. The Bertz CT molecular complexity index is 1060. The lowest BCUT2D eigenvalue weighted by molar-refractivity contribution is 0.121. The van der Waals surface area contributed by atoms with Crippen molar-refractivity contribution in [2.24, 2.45) is 11.3 Å². The van der Waals surface area contributed by atoms with Crippen LogP contribution in [0.25, 0.3) is 22.3 Å². The molecular weight excluding hydrogens is 350 g/mol. The quantitative estimate of drug-likeness (QED) is 0.656. The van der Waals surface area contributed by atoms with Crippen molar-refractivity contribution in [2.45, 2.75) is 32.4 Å². The maximum absolute atomic E-state index is 10.1. The van der Waals surface area contributed by atoms with Crippen molar-refractivity contribution < 1.29 is 5.11 Å². The first-order chi connectivity index (χ1) is 13.8.